The maximum Gasteiger partial charge on any atom is 0.259 e. The van der Waals surface area contributed by atoms with Crippen LogP contribution >= 0.6 is 0 Å². The highest BCUT2D eigenvalue weighted by Gasteiger charge is 2.15. The van der Waals surface area contributed by atoms with E-state index in [2.05, 4.69) is 10.6 Å². The first kappa shape index (κ1) is 18.5. The van der Waals surface area contributed by atoms with E-state index in [1.165, 1.54) is 0 Å². The van der Waals surface area contributed by atoms with E-state index in [1.807, 2.05) is 32.9 Å². The molecule has 2 amide bonds. The summed E-state index contributed by atoms with van der Waals surface area (Å²) >= 11 is 0. The lowest BCUT2D eigenvalue weighted by Crippen LogP contribution is -2.17. The van der Waals surface area contributed by atoms with Crippen molar-refractivity contribution in [3.8, 4) is 5.75 Å². The first-order valence-electron chi connectivity index (χ1n) is 8.38. The number of benzene rings is 2. The number of hydrogen-bond donors (Lipinski definition) is 2. The smallest absolute Gasteiger partial charge is 0.259 e. The number of para-hydroxylation sites is 1. The van der Waals surface area contributed by atoms with E-state index in [1.54, 1.807) is 37.3 Å². The maximum atomic E-state index is 12.7. The minimum atomic E-state index is -0.252. The van der Waals surface area contributed by atoms with Crippen molar-refractivity contribution in [2.75, 3.05) is 10.6 Å². The van der Waals surface area contributed by atoms with Gasteiger partial charge < -0.3 is 15.4 Å². The molecule has 132 valence electrons. The Kier molecular flexibility index (Phi) is 6.17. The summed E-state index contributed by atoms with van der Waals surface area (Å²) in [7, 11) is 0. The Bertz CT molecular complexity index is 769. The molecule has 0 bridgehead atoms. The quantitative estimate of drug-likeness (QED) is 0.820. The van der Waals surface area contributed by atoms with Gasteiger partial charge in [-0.3, -0.25) is 9.59 Å². The van der Waals surface area contributed by atoms with E-state index in [-0.39, 0.29) is 17.9 Å². The number of amides is 2. The zero-order valence-corrected chi connectivity index (χ0v) is 15.1. The van der Waals surface area contributed by atoms with Crippen LogP contribution in [0.2, 0.25) is 0 Å². The van der Waals surface area contributed by atoms with Crippen LogP contribution in [0, 0.1) is 6.92 Å². The zero-order valence-electron chi connectivity index (χ0n) is 15.1. The normalized spacial score (nSPS) is 10.4. The Balaban J connectivity index is 2.24. The van der Waals surface area contributed by atoms with Crippen molar-refractivity contribution in [3.63, 3.8) is 0 Å². The monoisotopic (exact) mass is 340 g/mol. The number of anilines is 2. The molecule has 0 unspecified atom stereocenters. The Morgan fingerprint density at radius 3 is 2.28 bits per heavy atom. The Labute approximate surface area is 148 Å². The third kappa shape index (κ3) is 4.83. The number of carbonyl (C=O) groups is 2. The molecular formula is C20H24N2O3. The van der Waals surface area contributed by atoms with Gasteiger partial charge in [-0.2, -0.15) is 0 Å². The Morgan fingerprint density at radius 2 is 1.64 bits per heavy atom. The van der Waals surface area contributed by atoms with Crippen molar-refractivity contribution in [3.05, 3.63) is 53.6 Å². The molecule has 0 atom stereocenters. The molecule has 0 aromatic heterocycles. The average molecular weight is 340 g/mol. The number of hydrogen-bond acceptors (Lipinski definition) is 3. The van der Waals surface area contributed by atoms with E-state index in [4.69, 9.17) is 4.74 Å². The number of carbonyl (C=O) groups excluding carboxylic acids is 2. The molecule has 0 spiro atoms. The lowest BCUT2D eigenvalue weighted by Gasteiger charge is -2.16. The summed E-state index contributed by atoms with van der Waals surface area (Å²) in [6.07, 6.45) is 0.374. The van der Waals surface area contributed by atoms with Gasteiger partial charge in [0.25, 0.3) is 5.91 Å². The third-order valence-electron chi connectivity index (χ3n) is 3.67. The topological polar surface area (TPSA) is 67.4 Å². The molecule has 0 fully saturated rings. The molecule has 0 saturated carbocycles. The van der Waals surface area contributed by atoms with Gasteiger partial charge in [-0.1, -0.05) is 25.1 Å². The van der Waals surface area contributed by atoms with Gasteiger partial charge in [-0.05, 0) is 50.6 Å². The molecule has 2 aromatic carbocycles. The van der Waals surface area contributed by atoms with Gasteiger partial charge in [0.1, 0.15) is 5.75 Å². The first-order chi connectivity index (χ1) is 11.9. The van der Waals surface area contributed by atoms with Crippen LogP contribution in [0.3, 0.4) is 0 Å². The highest BCUT2D eigenvalue weighted by atomic mass is 16.5. The van der Waals surface area contributed by atoms with Crippen molar-refractivity contribution < 1.29 is 14.3 Å². The SMILES string of the molecule is CCC(=O)Nc1cccc(NC(=O)c2ccccc2OC(C)C)c1C. The fraction of sp³-hybridized carbons (Fsp3) is 0.300. The summed E-state index contributed by atoms with van der Waals surface area (Å²) in [6, 6.07) is 12.6. The molecule has 2 rings (SSSR count). The standard InChI is InChI=1S/C20H24N2O3/c1-5-19(23)21-16-10-8-11-17(14(16)4)22-20(24)15-9-6-7-12-18(15)25-13(2)3/h6-13H,5H2,1-4H3,(H,21,23)(H,22,24). The lowest BCUT2D eigenvalue weighted by molar-refractivity contribution is -0.115. The second-order valence-electron chi connectivity index (χ2n) is 6.00. The predicted octanol–water partition coefficient (Wildman–Crippen LogP) is 4.38. The van der Waals surface area contributed by atoms with Gasteiger partial charge in [0.05, 0.1) is 11.7 Å². The summed E-state index contributed by atoms with van der Waals surface area (Å²) in [5, 5.41) is 5.74. The molecule has 25 heavy (non-hydrogen) atoms. The largest absolute Gasteiger partial charge is 0.490 e. The van der Waals surface area contributed by atoms with Crippen LogP contribution in [0.4, 0.5) is 11.4 Å². The summed E-state index contributed by atoms with van der Waals surface area (Å²) in [5.74, 6) is 0.226. The molecule has 5 nitrogen and oxygen atoms in total. The van der Waals surface area contributed by atoms with Crippen LogP contribution < -0.4 is 15.4 Å². The molecule has 2 aromatic rings. The van der Waals surface area contributed by atoms with Crippen molar-refractivity contribution in [1.82, 2.24) is 0 Å². The molecule has 0 aliphatic rings. The minimum absolute atomic E-state index is 0.0247. The molecule has 0 aliphatic carbocycles. The average Bonchev–Trinajstić information content (AvgIpc) is 2.58. The first-order valence-corrected chi connectivity index (χ1v) is 8.38. The summed E-state index contributed by atoms with van der Waals surface area (Å²) in [5.41, 5.74) is 2.62. The third-order valence-corrected chi connectivity index (χ3v) is 3.67. The zero-order chi connectivity index (χ0) is 18.4. The summed E-state index contributed by atoms with van der Waals surface area (Å²) in [6.45, 7) is 7.48. The van der Waals surface area contributed by atoms with E-state index in [0.29, 0.717) is 29.1 Å². The van der Waals surface area contributed by atoms with Crippen LogP contribution in [-0.4, -0.2) is 17.9 Å². The molecule has 2 N–H and O–H groups in total. The summed E-state index contributed by atoms with van der Waals surface area (Å²) < 4.78 is 5.71. The predicted molar refractivity (Wildman–Crippen MR) is 100 cm³/mol. The highest BCUT2D eigenvalue weighted by molar-refractivity contribution is 6.07. The van der Waals surface area contributed by atoms with Gasteiger partial charge >= 0.3 is 0 Å². The van der Waals surface area contributed by atoms with Gasteiger partial charge in [-0.25, -0.2) is 0 Å². The molecule has 0 saturated heterocycles. The fourth-order valence-corrected chi connectivity index (χ4v) is 2.35. The molecule has 5 heteroatoms. The molecule has 0 aliphatic heterocycles. The Morgan fingerprint density at radius 1 is 1.00 bits per heavy atom. The molecule has 0 heterocycles. The molecular weight excluding hydrogens is 316 g/mol. The van der Waals surface area contributed by atoms with Gasteiger partial charge in [0.15, 0.2) is 0 Å². The second kappa shape index (κ2) is 8.33. The van der Waals surface area contributed by atoms with Crippen LogP contribution in [0.25, 0.3) is 0 Å². The minimum Gasteiger partial charge on any atom is -0.490 e. The van der Waals surface area contributed by atoms with E-state index in [9.17, 15) is 9.59 Å². The van der Waals surface area contributed by atoms with Crippen LogP contribution in [-0.2, 0) is 4.79 Å². The Hall–Kier alpha value is -2.82. The van der Waals surface area contributed by atoms with Crippen molar-refractivity contribution in [2.24, 2.45) is 0 Å². The maximum absolute atomic E-state index is 12.7. The molecule has 0 radical (unpaired) electrons. The lowest BCUT2D eigenvalue weighted by atomic mass is 10.1. The van der Waals surface area contributed by atoms with Crippen LogP contribution in [0.5, 0.6) is 5.75 Å². The second-order valence-corrected chi connectivity index (χ2v) is 6.00. The number of ether oxygens (including phenoxy) is 1. The van der Waals surface area contributed by atoms with Gasteiger partial charge in [0, 0.05) is 17.8 Å². The van der Waals surface area contributed by atoms with E-state index in [0.717, 1.165) is 5.56 Å². The van der Waals surface area contributed by atoms with Crippen LogP contribution in [0.15, 0.2) is 42.5 Å². The number of nitrogens with one attached hydrogen (secondary N) is 2. The van der Waals surface area contributed by atoms with Gasteiger partial charge in [-0.15, -0.1) is 0 Å². The van der Waals surface area contributed by atoms with Crippen molar-refractivity contribution in [1.29, 1.82) is 0 Å². The fourth-order valence-electron chi connectivity index (χ4n) is 2.35. The highest BCUT2D eigenvalue weighted by Crippen LogP contribution is 2.26. The van der Waals surface area contributed by atoms with E-state index >= 15 is 0 Å². The van der Waals surface area contributed by atoms with Crippen molar-refractivity contribution >= 4 is 23.2 Å². The summed E-state index contributed by atoms with van der Waals surface area (Å²) in [4.78, 5) is 24.3. The van der Waals surface area contributed by atoms with Crippen LogP contribution in [0.1, 0.15) is 43.1 Å². The van der Waals surface area contributed by atoms with Crippen molar-refractivity contribution in [2.45, 2.75) is 40.2 Å². The number of rotatable bonds is 6. The van der Waals surface area contributed by atoms with E-state index < -0.39 is 0 Å². The van der Waals surface area contributed by atoms with Gasteiger partial charge in [0.2, 0.25) is 5.91 Å².